The monoisotopic (exact) mass is 451 g/mol. The quantitative estimate of drug-likeness (QED) is 0.546. The summed E-state index contributed by atoms with van der Waals surface area (Å²) < 4.78 is 49.8. The van der Waals surface area contributed by atoms with E-state index in [1.807, 2.05) is 0 Å². The average Bonchev–Trinajstić information content (AvgIpc) is 3.41. The van der Waals surface area contributed by atoms with E-state index < -0.39 is 12.6 Å². The van der Waals surface area contributed by atoms with Crippen LogP contribution in [0.3, 0.4) is 0 Å². The normalized spacial score (nSPS) is 23.1. The molecule has 2 fully saturated rings. The fourth-order valence-corrected chi connectivity index (χ4v) is 4.69. The number of aromatic nitrogens is 5. The smallest absolute Gasteiger partial charge is 0.389 e. The van der Waals surface area contributed by atoms with Crippen molar-refractivity contribution in [2.75, 3.05) is 29.9 Å². The largest absolute Gasteiger partial charge is 0.490 e. The lowest BCUT2D eigenvalue weighted by atomic mass is 9.92. The summed E-state index contributed by atoms with van der Waals surface area (Å²) in [5.74, 6) is 2.24. The molecule has 0 aromatic carbocycles. The number of hydrogen-bond acceptors (Lipinski definition) is 8. The molecule has 32 heavy (non-hydrogen) atoms. The molecular weight excluding hydrogens is 427 g/mol. The average molecular weight is 451 g/mol. The van der Waals surface area contributed by atoms with Gasteiger partial charge in [0.05, 0.1) is 6.61 Å². The maximum Gasteiger partial charge on any atom is 0.389 e. The summed E-state index contributed by atoms with van der Waals surface area (Å²) >= 11 is 0. The molecule has 4 heterocycles. The highest BCUT2D eigenvalue weighted by Crippen LogP contribution is 2.39. The molecule has 2 unspecified atom stereocenters. The highest BCUT2D eigenvalue weighted by atomic mass is 19.4. The highest BCUT2D eigenvalue weighted by Gasteiger charge is 2.43. The summed E-state index contributed by atoms with van der Waals surface area (Å²) in [6, 6.07) is 4.22. The zero-order valence-electron chi connectivity index (χ0n) is 17.5. The van der Waals surface area contributed by atoms with Crippen molar-refractivity contribution in [1.82, 2.24) is 24.8 Å². The van der Waals surface area contributed by atoms with Crippen LogP contribution in [0.4, 0.5) is 25.1 Å². The minimum atomic E-state index is -4.18. The van der Waals surface area contributed by atoms with Crippen LogP contribution in [0, 0.1) is 18.8 Å². The number of rotatable bonds is 7. The van der Waals surface area contributed by atoms with Crippen molar-refractivity contribution in [3.05, 3.63) is 24.2 Å². The number of nitrogens with one attached hydrogen (secondary N) is 1. The molecule has 3 aromatic rings. The summed E-state index contributed by atoms with van der Waals surface area (Å²) in [7, 11) is 0. The van der Waals surface area contributed by atoms with Gasteiger partial charge in [0.2, 0.25) is 11.8 Å². The SMILES string of the molecule is Cc1nnc(N2CC3CC[C@@H](C2)C3Nc2nc3c(OCCCC(F)(F)F)cccn3n2)o1. The second-order valence-electron chi connectivity index (χ2n) is 8.42. The summed E-state index contributed by atoms with van der Waals surface area (Å²) in [4.78, 5) is 6.69. The van der Waals surface area contributed by atoms with Gasteiger partial charge in [-0.25, -0.2) is 4.52 Å². The number of anilines is 2. The molecule has 0 spiro atoms. The Morgan fingerprint density at radius 2 is 2.00 bits per heavy atom. The van der Waals surface area contributed by atoms with E-state index in [1.165, 1.54) is 0 Å². The number of fused-ring (bicyclic) bond motifs is 3. The first-order chi connectivity index (χ1) is 15.4. The molecule has 0 radical (unpaired) electrons. The molecule has 5 rings (SSSR count). The van der Waals surface area contributed by atoms with Gasteiger partial charge in [-0.05, 0) is 43.2 Å². The van der Waals surface area contributed by atoms with Crippen LogP contribution in [-0.2, 0) is 0 Å². The molecule has 1 saturated heterocycles. The van der Waals surface area contributed by atoms with Gasteiger partial charge in [0.1, 0.15) is 0 Å². The van der Waals surface area contributed by atoms with Gasteiger partial charge in [-0.2, -0.15) is 18.2 Å². The van der Waals surface area contributed by atoms with Crippen molar-refractivity contribution in [3.8, 4) is 5.75 Å². The summed E-state index contributed by atoms with van der Waals surface area (Å²) in [5, 5.41) is 16.0. The van der Waals surface area contributed by atoms with E-state index in [0.29, 0.717) is 41.1 Å². The van der Waals surface area contributed by atoms with Gasteiger partial charge < -0.3 is 19.4 Å². The van der Waals surface area contributed by atoms with Crippen molar-refractivity contribution < 1.29 is 22.3 Å². The third-order valence-electron chi connectivity index (χ3n) is 6.10. The lowest BCUT2D eigenvalue weighted by Crippen LogP contribution is -2.48. The van der Waals surface area contributed by atoms with E-state index in [2.05, 4.69) is 30.5 Å². The topological polar surface area (TPSA) is 93.6 Å². The predicted molar refractivity (Wildman–Crippen MR) is 109 cm³/mol. The Balaban J connectivity index is 1.25. The van der Waals surface area contributed by atoms with E-state index in [1.54, 1.807) is 29.8 Å². The fourth-order valence-electron chi connectivity index (χ4n) is 4.69. The molecule has 1 saturated carbocycles. The van der Waals surface area contributed by atoms with E-state index in [9.17, 15) is 13.2 Å². The van der Waals surface area contributed by atoms with Crippen LogP contribution < -0.4 is 15.0 Å². The van der Waals surface area contributed by atoms with Gasteiger partial charge in [-0.15, -0.1) is 10.2 Å². The minimum Gasteiger partial charge on any atom is -0.490 e. The number of pyridine rings is 1. The van der Waals surface area contributed by atoms with Gasteiger partial charge in [0.25, 0.3) is 0 Å². The third-order valence-corrected chi connectivity index (χ3v) is 6.10. The molecule has 1 aliphatic heterocycles. The Bertz CT molecular complexity index is 1070. The van der Waals surface area contributed by atoms with Gasteiger partial charge >= 0.3 is 12.2 Å². The Labute approximate surface area is 182 Å². The zero-order chi connectivity index (χ0) is 22.3. The second-order valence-corrected chi connectivity index (χ2v) is 8.42. The van der Waals surface area contributed by atoms with Crippen LogP contribution >= 0.6 is 0 Å². The van der Waals surface area contributed by atoms with Crippen LogP contribution in [0.25, 0.3) is 5.65 Å². The minimum absolute atomic E-state index is 0.0352. The van der Waals surface area contributed by atoms with Crippen molar-refractivity contribution in [2.24, 2.45) is 11.8 Å². The number of aryl methyl sites for hydroxylation is 1. The third kappa shape index (κ3) is 4.30. The van der Waals surface area contributed by atoms with E-state index in [0.717, 1.165) is 25.9 Å². The number of nitrogens with zero attached hydrogens (tertiary/aromatic N) is 6. The molecule has 2 aliphatic rings. The molecule has 172 valence electrons. The van der Waals surface area contributed by atoms with Gasteiger partial charge in [-0.3, -0.25) is 0 Å². The Kier molecular flexibility index (Phi) is 5.30. The van der Waals surface area contributed by atoms with Crippen LogP contribution in [0.1, 0.15) is 31.6 Å². The number of alkyl halides is 3. The van der Waals surface area contributed by atoms with Crippen LogP contribution in [0.2, 0.25) is 0 Å². The first-order valence-corrected chi connectivity index (χ1v) is 10.7. The zero-order valence-corrected chi connectivity index (χ0v) is 17.5. The molecule has 2 bridgehead atoms. The standard InChI is InChI=1S/C20H24F3N7O2/c1-12-26-27-19(32-12)29-10-13-5-6-14(11-29)16(13)24-18-25-17-15(4-2-8-30(17)28-18)31-9-3-7-20(21,22)23/h2,4,8,13-14,16H,3,5-7,9-11H2,1H3,(H,24,28)/t13-,14?,16?/m0/s1. The number of ether oxygens (including phenoxy) is 1. The predicted octanol–water partition coefficient (Wildman–Crippen LogP) is 3.47. The van der Waals surface area contributed by atoms with Crippen LogP contribution in [-0.4, -0.2) is 56.7 Å². The lowest BCUT2D eigenvalue weighted by molar-refractivity contribution is -0.136. The lowest BCUT2D eigenvalue weighted by Gasteiger charge is -2.37. The maximum absolute atomic E-state index is 12.3. The number of hydrogen-bond donors (Lipinski definition) is 1. The molecule has 1 N–H and O–H groups in total. The Morgan fingerprint density at radius 1 is 1.22 bits per heavy atom. The van der Waals surface area contributed by atoms with Crippen molar-refractivity contribution in [3.63, 3.8) is 0 Å². The molecular formula is C20H24F3N7O2. The number of piperidine rings is 1. The second kappa shape index (κ2) is 8.14. The Morgan fingerprint density at radius 3 is 2.69 bits per heavy atom. The fraction of sp³-hybridized carbons (Fsp3) is 0.600. The Hall–Kier alpha value is -3.05. The molecule has 3 aromatic heterocycles. The first kappa shape index (κ1) is 20.8. The summed E-state index contributed by atoms with van der Waals surface area (Å²) in [5.41, 5.74) is 0.480. The van der Waals surface area contributed by atoms with Crippen LogP contribution in [0.5, 0.6) is 5.75 Å². The highest BCUT2D eigenvalue weighted by molar-refractivity contribution is 5.56. The van der Waals surface area contributed by atoms with Gasteiger partial charge in [-0.1, -0.05) is 5.10 Å². The molecule has 1 aliphatic carbocycles. The summed E-state index contributed by atoms with van der Waals surface area (Å²) in [6.07, 6.45) is -1.24. The molecule has 0 amide bonds. The van der Waals surface area contributed by atoms with Gasteiger partial charge in [0.15, 0.2) is 11.4 Å². The van der Waals surface area contributed by atoms with E-state index in [-0.39, 0.29) is 19.1 Å². The van der Waals surface area contributed by atoms with E-state index in [4.69, 9.17) is 9.15 Å². The van der Waals surface area contributed by atoms with Crippen molar-refractivity contribution in [1.29, 1.82) is 0 Å². The maximum atomic E-state index is 12.3. The molecule has 9 nitrogen and oxygen atoms in total. The summed E-state index contributed by atoms with van der Waals surface area (Å²) in [6.45, 7) is 3.38. The van der Waals surface area contributed by atoms with Crippen molar-refractivity contribution >= 4 is 17.6 Å². The van der Waals surface area contributed by atoms with Gasteiger partial charge in [0, 0.05) is 38.7 Å². The number of halogens is 3. The van der Waals surface area contributed by atoms with Crippen LogP contribution in [0.15, 0.2) is 22.7 Å². The van der Waals surface area contributed by atoms with E-state index >= 15 is 0 Å². The first-order valence-electron chi connectivity index (χ1n) is 10.7. The van der Waals surface area contributed by atoms with Crippen molar-refractivity contribution in [2.45, 2.75) is 44.8 Å². The molecule has 3 atom stereocenters. The molecule has 12 heteroatoms.